The summed E-state index contributed by atoms with van der Waals surface area (Å²) in [5.41, 5.74) is 14.5. The second kappa shape index (κ2) is 11.0. The highest BCUT2D eigenvalue weighted by Gasteiger charge is 2.36. The highest BCUT2D eigenvalue weighted by Crippen LogP contribution is 2.53. The maximum atomic E-state index is 6.85. The summed E-state index contributed by atoms with van der Waals surface area (Å²) in [5.74, 6) is 0. The van der Waals surface area contributed by atoms with Crippen LogP contribution in [0.3, 0.4) is 0 Å². The number of hydrogen-bond donors (Lipinski definition) is 0. The number of anilines is 3. The van der Waals surface area contributed by atoms with Crippen molar-refractivity contribution >= 4 is 60.6 Å². The summed E-state index contributed by atoms with van der Waals surface area (Å²) >= 11 is 1.72. The van der Waals surface area contributed by atoms with Crippen molar-refractivity contribution in [3.8, 4) is 32.8 Å². The van der Waals surface area contributed by atoms with Gasteiger partial charge in [-0.05, 0) is 69.8 Å². The summed E-state index contributed by atoms with van der Waals surface area (Å²) in [5, 5.41) is 3.14. The van der Waals surface area contributed by atoms with Crippen molar-refractivity contribution in [2.75, 3.05) is 4.90 Å². The quantitative estimate of drug-likeness (QED) is 0.184. The molecule has 238 valence electrons. The molecule has 2 heterocycles. The minimum atomic E-state index is -0.142. The minimum absolute atomic E-state index is 0.142. The van der Waals surface area contributed by atoms with Gasteiger partial charge in [0.15, 0.2) is 5.58 Å². The number of benzene rings is 7. The number of hydrogen-bond acceptors (Lipinski definition) is 4. The molecule has 0 aliphatic heterocycles. The molecule has 0 radical (unpaired) electrons. The van der Waals surface area contributed by atoms with Crippen molar-refractivity contribution < 1.29 is 4.42 Å². The van der Waals surface area contributed by atoms with Gasteiger partial charge in [0.2, 0.25) is 0 Å². The zero-order valence-corrected chi connectivity index (χ0v) is 28.5. The standard InChI is InChI=1S/C46H32N2OS/c1-46(2)38-19-11-9-17-34(38)35-26-25-33(27-39(35)46)48(32-23-21-30(22-24-32)29-13-5-3-6-14-29)42-43-37(36-18-10-12-20-41(36)49-43)28-40-44(42)50-45(47-40)31-15-7-4-8-16-31/h3-28H,1-2H3. The van der Waals surface area contributed by atoms with E-state index >= 15 is 0 Å². The SMILES string of the molecule is CC1(C)c2ccccc2-c2ccc(N(c3ccc(-c4ccccc4)cc3)c3c4oc5ccccc5c4cc4nc(-c5ccccc5)sc34)cc21. The van der Waals surface area contributed by atoms with E-state index in [9.17, 15) is 0 Å². The molecule has 3 nitrogen and oxygen atoms in total. The van der Waals surface area contributed by atoms with Crippen LogP contribution in [0, 0.1) is 0 Å². The van der Waals surface area contributed by atoms with E-state index < -0.39 is 0 Å². The molecule has 0 saturated carbocycles. The van der Waals surface area contributed by atoms with Crippen molar-refractivity contribution in [3.63, 3.8) is 0 Å². The van der Waals surface area contributed by atoms with Crippen molar-refractivity contribution in [1.82, 2.24) is 4.98 Å². The van der Waals surface area contributed by atoms with Crippen molar-refractivity contribution in [3.05, 3.63) is 169 Å². The first kappa shape index (κ1) is 29.0. The molecular formula is C46H32N2OS. The molecule has 0 fully saturated rings. The fourth-order valence-electron chi connectivity index (χ4n) is 7.80. The molecule has 0 bridgehead atoms. The molecule has 9 aromatic rings. The van der Waals surface area contributed by atoms with E-state index in [2.05, 4.69) is 170 Å². The zero-order valence-electron chi connectivity index (χ0n) is 27.7. The lowest BCUT2D eigenvalue weighted by molar-refractivity contribution is 0.660. The smallest absolute Gasteiger partial charge is 0.161 e. The second-order valence-electron chi connectivity index (χ2n) is 13.6. The predicted octanol–water partition coefficient (Wildman–Crippen LogP) is 13.3. The van der Waals surface area contributed by atoms with Crippen LogP contribution in [0.25, 0.3) is 65.0 Å². The first-order valence-electron chi connectivity index (χ1n) is 17.0. The zero-order chi connectivity index (χ0) is 33.4. The number of furan rings is 1. The molecule has 1 aliphatic rings. The molecule has 0 unspecified atom stereocenters. The van der Waals surface area contributed by atoms with Crippen LogP contribution in [0.2, 0.25) is 0 Å². The van der Waals surface area contributed by atoms with Crippen LogP contribution < -0.4 is 4.90 Å². The van der Waals surface area contributed by atoms with E-state index in [-0.39, 0.29) is 5.41 Å². The van der Waals surface area contributed by atoms with Gasteiger partial charge in [-0.3, -0.25) is 0 Å². The third-order valence-electron chi connectivity index (χ3n) is 10.3. The number of nitrogens with zero attached hydrogens (tertiary/aromatic N) is 2. The Morgan fingerprint density at radius 1 is 0.560 bits per heavy atom. The van der Waals surface area contributed by atoms with E-state index in [1.54, 1.807) is 11.3 Å². The van der Waals surface area contributed by atoms with E-state index in [4.69, 9.17) is 9.40 Å². The van der Waals surface area contributed by atoms with Crippen molar-refractivity contribution in [2.24, 2.45) is 0 Å². The van der Waals surface area contributed by atoms with Gasteiger partial charge in [0, 0.05) is 33.1 Å². The molecule has 4 heteroatoms. The number of fused-ring (bicyclic) bond motifs is 7. The molecule has 50 heavy (non-hydrogen) atoms. The molecule has 2 aromatic heterocycles. The maximum absolute atomic E-state index is 6.85. The number of aromatic nitrogens is 1. The van der Waals surface area contributed by atoms with Crippen LogP contribution in [0.15, 0.2) is 162 Å². The molecule has 0 spiro atoms. The highest BCUT2D eigenvalue weighted by molar-refractivity contribution is 7.22. The Morgan fingerprint density at radius 3 is 2.00 bits per heavy atom. The Bertz CT molecular complexity index is 2720. The van der Waals surface area contributed by atoms with Gasteiger partial charge < -0.3 is 9.32 Å². The number of para-hydroxylation sites is 1. The van der Waals surface area contributed by atoms with Crippen LogP contribution in [0.4, 0.5) is 17.1 Å². The Morgan fingerprint density at radius 2 is 1.20 bits per heavy atom. The van der Waals surface area contributed by atoms with Gasteiger partial charge in [0.25, 0.3) is 0 Å². The third kappa shape index (κ3) is 4.38. The summed E-state index contributed by atoms with van der Waals surface area (Å²) in [6.45, 7) is 4.68. The maximum Gasteiger partial charge on any atom is 0.161 e. The van der Waals surface area contributed by atoms with Crippen LogP contribution in [0.1, 0.15) is 25.0 Å². The van der Waals surface area contributed by atoms with Crippen LogP contribution in [-0.2, 0) is 5.41 Å². The average molecular weight is 661 g/mol. The van der Waals surface area contributed by atoms with E-state index in [1.165, 1.54) is 33.4 Å². The Balaban J connectivity index is 1.27. The summed E-state index contributed by atoms with van der Waals surface area (Å²) < 4.78 is 7.93. The highest BCUT2D eigenvalue weighted by atomic mass is 32.1. The summed E-state index contributed by atoms with van der Waals surface area (Å²) in [4.78, 5) is 7.66. The monoisotopic (exact) mass is 660 g/mol. The van der Waals surface area contributed by atoms with Gasteiger partial charge >= 0.3 is 0 Å². The lowest BCUT2D eigenvalue weighted by atomic mass is 9.82. The third-order valence-corrected chi connectivity index (χ3v) is 11.4. The van der Waals surface area contributed by atoms with Gasteiger partial charge in [-0.25, -0.2) is 4.98 Å². The Labute approximate surface area is 294 Å². The van der Waals surface area contributed by atoms with Gasteiger partial charge in [-0.15, -0.1) is 11.3 Å². The predicted molar refractivity (Wildman–Crippen MR) is 210 cm³/mol. The van der Waals surface area contributed by atoms with Crippen molar-refractivity contribution in [2.45, 2.75) is 19.3 Å². The Kier molecular flexibility index (Phi) is 6.39. The molecular weight excluding hydrogens is 629 g/mol. The lowest BCUT2D eigenvalue weighted by Gasteiger charge is -2.28. The Hall–Kier alpha value is -5.97. The fourth-order valence-corrected chi connectivity index (χ4v) is 8.88. The fraction of sp³-hybridized carbons (Fsp3) is 0.0652. The molecule has 0 atom stereocenters. The largest absolute Gasteiger partial charge is 0.454 e. The topological polar surface area (TPSA) is 29.3 Å². The van der Waals surface area contributed by atoms with Gasteiger partial charge in [0.1, 0.15) is 16.3 Å². The number of rotatable bonds is 5. The normalized spacial score (nSPS) is 13.2. The molecule has 7 aromatic carbocycles. The minimum Gasteiger partial charge on any atom is -0.454 e. The lowest BCUT2D eigenvalue weighted by Crippen LogP contribution is -2.16. The average Bonchev–Trinajstić information content (AvgIpc) is 3.83. The molecule has 0 saturated heterocycles. The van der Waals surface area contributed by atoms with E-state index in [0.717, 1.165) is 59.8 Å². The van der Waals surface area contributed by atoms with Gasteiger partial charge in [0.05, 0.1) is 10.2 Å². The van der Waals surface area contributed by atoms with Crippen LogP contribution in [-0.4, -0.2) is 4.98 Å². The molecule has 0 N–H and O–H groups in total. The first-order valence-corrected chi connectivity index (χ1v) is 17.9. The summed E-state index contributed by atoms with van der Waals surface area (Å²) in [7, 11) is 0. The van der Waals surface area contributed by atoms with E-state index in [1.807, 2.05) is 6.07 Å². The van der Waals surface area contributed by atoms with Gasteiger partial charge in [-0.1, -0.05) is 135 Å². The number of thiazole rings is 1. The van der Waals surface area contributed by atoms with Gasteiger partial charge in [-0.2, -0.15) is 0 Å². The summed E-state index contributed by atoms with van der Waals surface area (Å²) in [6, 6.07) is 56.3. The van der Waals surface area contributed by atoms with Crippen LogP contribution >= 0.6 is 11.3 Å². The molecule has 0 amide bonds. The van der Waals surface area contributed by atoms with Crippen molar-refractivity contribution in [1.29, 1.82) is 0 Å². The second-order valence-corrected chi connectivity index (χ2v) is 14.6. The summed E-state index contributed by atoms with van der Waals surface area (Å²) in [6.07, 6.45) is 0. The molecule has 10 rings (SSSR count). The molecule has 1 aliphatic carbocycles. The van der Waals surface area contributed by atoms with Crippen LogP contribution in [0.5, 0.6) is 0 Å². The first-order chi connectivity index (χ1) is 24.5. The van der Waals surface area contributed by atoms with E-state index in [0.29, 0.717) is 0 Å².